The van der Waals surface area contributed by atoms with Crippen molar-refractivity contribution in [2.24, 2.45) is 0 Å². The summed E-state index contributed by atoms with van der Waals surface area (Å²) in [6.45, 7) is 1.42. The number of nitro groups is 1. The molecule has 1 aromatic rings. The first-order valence-corrected chi connectivity index (χ1v) is 3.81. The summed E-state index contributed by atoms with van der Waals surface area (Å²) in [6, 6.07) is 0. The van der Waals surface area contributed by atoms with Crippen LogP contribution in [0.2, 0.25) is 0 Å². The van der Waals surface area contributed by atoms with Gasteiger partial charge in [-0.1, -0.05) is 0 Å². The summed E-state index contributed by atoms with van der Waals surface area (Å²) >= 11 is 0. The Bertz CT molecular complexity index is 418. The Morgan fingerprint density at radius 1 is 1.71 bits per heavy atom. The van der Waals surface area contributed by atoms with Gasteiger partial charge >= 0.3 is 11.6 Å². The van der Waals surface area contributed by atoms with Crippen LogP contribution >= 0.6 is 0 Å². The number of nitrogens with zero attached hydrogens (tertiary/aromatic N) is 3. The van der Waals surface area contributed by atoms with E-state index in [1.165, 1.54) is 6.92 Å². The lowest BCUT2D eigenvalue weighted by atomic mass is 10.3. The van der Waals surface area contributed by atoms with E-state index in [0.717, 1.165) is 4.68 Å². The van der Waals surface area contributed by atoms with Crippen molar-refractivity contribution in [3.63, 3.8) is 0 Å². The first-order chi connectivity index (χ1) is 6.50. The quantitative estimate of drug-likeness (QED) is 0.518. The molecule has 0 aliphatic carbocycles. The number of ketones is 1. The van der Waals surface area contributed by atoms with Gasteiger partial charge < -0.3 is 10.1 Å². The van der Waals surface area contributed by atoms with E-state index in [1.807, 2.05) is 4.98 Å². The van der Waals surface area contributed by atoms with Gasteiger partial charge in [-0.25, -0.2) is 4.79 Å². The molecule has 0 amide bonds. The molecule has 1 aromatic heterocycles. The summed E-state index contributed by atoms with van der Waals surface area (Å²) in [4.78, 5) is 32.9. The maximum atomic E-state index is 11.0. The molecule has 8 nitrogen and oxygen atoms in total. The summed E-state index contributed by atoms with van der Waals surface area (Å²) in [5, 5.41) is 13.6. The number of aromatic amines is 1. The Morgan fingerprint density at radius 2 is 2.36 bits per heavy atom. The van der Waals surface area contributed by atoms with E-state index in [-0.39, 0.29) is 18.7 Å². The molecule has 0 saturated carbocycles. The van der Waals surface area contributed by atoms with Crippen molar-refractivity contribution in [2.45, 2.75) is 19.9 Å². The van der Waals surface area contributed by atoms with Crippen molar-refractivity contribution in [3.8, 4) is 0 Å². The first-order valence-electron chi connectivity index (χ1n) is 3.81. The van der Waals surface area contributed by atoms with Crippen molar-refractivity contribution in [2.75, 3.05) is 0 Å². The van der Waals surface area contributed by atoms with Crippen LogP contribution in [0.15, 0.2) is 4.79 Å². The van der Waals surface area contributed by atoms with Crippen molar-refractivity contribution in [1.82, 2.24) is 14.8 Å². The third-order valence-corrected chi connectivity index (χ3v) is 1.52. The highest BCUT2D eigenvalue weighted by molar-refractivity contribution is 5.75. The topological polar surface area (TPSA) is 111 Å². The minimum atomic E-state index is -0.800. The van der Waals surface area contributed by atoms with Gasteiger partial charge in [-0.3, -0.25) is 4.79 Å². The van der Waals surface area contributed by atoms with Gasteiger partial charge in [-0.05, 0) is 11.8 Å². The number of rotatable bonds is 4. The predicted molar refractivity (Wildman–Crippen MR) is 44.8 cm³/mol. The minimum absolute atomic E-state index is 0.0541. The molecule has 14 heavy (non-hydrogen) atoms. The van der Waals surface area contributed by atoms with Gasteiger partial charge in [0.25, 0.3) is 0 Å². The molecule has 0 fully saturated rings. The highest BCUT2D eigenvalue weighted by Crippen LogP contribution is 1.96. The lowest BCUT2D eigenvalue weighted by molar-refractivity contribution is -0.394. The van der Waals surface area contributed by atoms with Crippen LogP contribution in [0.3, 0.4) is 0 Å². The molecule has 0 spiro atoms. The lowest BCUT2D eigenvalue weighted by Crippen LogP contribution is -2.19. The predicted octanol–water partition coefficient (Wildman–Crippen LogP) is -0.541. The number of aromatic nitrogens is 3. The maximum Gasteiger partial charge on any atom is 0.457 e. The number of hydrogen-bond donors (Lipinski definition) is 1. The van der Waals surface area contributed by atoms with Crippen molar-refractivity contribution >= 4 is 11.7 Å². The fourth-order valence-corrected chi connectivity index (χ4v) is 0.842. The maximum absolute atomic E-state index is 11.0. The summed E-state index contributed by atoms with van der Waals surface area (Å²) < 4.78 is 0.861. The molecule has 0 saturated heterocycles. The van der Waals surface area contributed by atoms with Gasteiger partial charge in [0.05, 0.1) is 6.54 Å². The summed E-state index contributed by atoms with van der Waals surface area (Å²) in [6.07, 6.45) is 0.127. The number of H-pyrrole nitrogens is 1. The smallest absolute Gasteiger partial charge is 0.390 e. The van der Waals surface area contributed by atoms with Crippen LogP contribution in [-0.2, 0) is 11.3 Å². The Hall–Kier alpha value is -1.99. The van der Waals surface area contributed by atoms with Gasteiger partial charge in [-0.15, -0.1) is 4.68 Å². The normalized spacial score (nSPS) is 10.1. The second kappa shape index (κ2) is 3.81. The molecular formula is C6H8N4O4. The zero-order valence-electron chi connectivity index (χ0n) is 7.39. The Labute approximate surface area is 77.7 Å². The third-order valence-electron chi connectivity index (χ3n) is 1.52. The molecule has 0 aliphatic heterocycles. The fourth-order valence-electron chi connectivity index (χ4n) is 0.842. The molecule has 1 rings (SSSR count). The Balaban J connectivity index is 2.83. The summed E-state index contributed by atoms with van der Waals surface area (Å²) in [5.41, 5.74) is -0.682. The molecule has 0 aromatic carbocycles. The van der Waals surface area contributed by atoms with Crippen molar-refractivity contribution in [1.29, 1.82) is 0 Å². The van der Waals surface area contributed by atoms with Gasteiger partial charge in [0.2, 0.25) is 0 Å². The zero-order chi connectivity index (χ0) is 10.7. The number of Topliss-reactive ketones (excluding diaryl/α,β-unsaturated/α-hetero) is 1. The van der Waals surface area contributed by atoms with Crippen LogP contribution in [0, 0.1) is 10.1 Å². The summed E-state index contributed by atoms with van der Waals surface area (Å²) in [7, 11) is 0. The third kappa shape index (κ3) is 2.25. The average molecular weight is 200 g/mol. The molecule has 0 aliphatic rings. The van der Waals surface area contributed by atoms with E-state index < -0.39 is 16.6 Å². The second-order valence-electron chi connectivity index (χ2n) is 2.69. The van der Waals surface area contributed by atoms with E-state index >= 15 is 0 Å². The molecule has 1 N–H and O–H groups in total. The van der Waals surface area contributed by atoms with E-state index in [1.54, 1.807) is 0 Å². The number of nitrogens with one attached hydrogen (secondary N) is 1. The molecule has 8 heteroatoms. The van der Waals surface area contributed by atoms with Crippen LogP contribution in [0.25, 0.3) is 0 Å². The summed E-state index contributed by atoms with van der Waals surface area (Å²) in [5.74, 6) is -0.721. The van der Waals surface area contributed by atoms with Crippen molar-refractivity contribution < 1.29 is 9.72 Å². The van der Waals surface area contributed by atoms with Gasteiger partial charge in [0.1, 0.15) is 5.78 Å². The largest absolute Gasteiger partial charge is 0.457 e. The molecule has 0 atom stereocenters. The first kappa shape index (κ1) is 10.1. The van der Waals surface area contributed by atoms with E-state index in [9.17, 15) is 19.7 Å². The molecule has 1 heterocycles. The van der Waals surface area contributed by atoms with Gasteiger partial charge in [0.15, 0.2) is 0 Å². The highest BCUT2D eigenvalue weighted by Gasteiger charge is 2.15. The highest BCUT2D eigenvalue weighted by atomic mass is 16.6. The number of aryl methyl sites for hydroxylation is 1. The van der Waals surface area contributed by atoms with Crippen LogP contribution < -0.4 is 5.69 Å². The SMILES string of the molecule is CC(=O)CCn1nc([N+](=O)[O-])[nH]c1=O. The van der Waals surface area contributed by atoms with Crippen LogP contribution in [0.4, 0.5) is 5.95 Å². The van der Waals surface area contributed by atoms with Gasteiger partial charge in [-0.2, -0.15) is 4.98 Å². The Kier molecular flexibility index (Phi) is 2.75. The van der Waals surface area contributed by atoms with Crippen LogP contribution in [-0.4, -0.2) is 25.5 Å². The van der Waals surface area contributed by atoms with E-state index in [2.05, 4.69) is 5.10 Å². The molecule has 0 unspecified atom stereocenters. The molecule has 76 valence electrons. The number of hydrogen-bond acceptors (Lipinski definition) is 5. The zero-order valence-corrected chi connectivity index (χ0v) is 7.39. The Morgan fingerprint density at radius 3 is 2.79 bits per heavy atom. The van der Waals surface area contributed by atoms with Crippen LogP contribution in [0.5, 0.6) is 0 Å². The van der Waals surface area contributed by atoms with Gasteiger partial charge in [0, 0.05) is 11.5 Å². The van der Waals surface area contributed by atoms with Crippen LogP contribution in [0.1, 0.15) is 13.3 Å². The lowest BCUT2D eigenvalue weighted by Gasteiger charge is -1.90. The second-order valence-corrected chi connectivity index (χ2v) is 2.69. The minimum Gasteiger partial charge on any atom is -0.390 e. The molecular weight excluding hydrogens is 192 g/mol. The number of carbonyl (C=O) groups is 1. The van der Waals surface area contributed by atoms with Crippen molar-refractivity contribution in [3.05, 3.63) is 20.6 Å². The number of carbonyl (C=O) groups excluding carboxylic acids is 1. The standard InChI is InChI=1S/C6H8N4O4/c1-4(11)2-3-9-6(12)7-5(8-9)10(13)14/h2-3H2,1H3,(H,7,8,12). The molecule has 0 radical (unpaired) electrons. The molecule has 0 bridgehead atoms. The van der Waals surface area contributed by atoms with E-state index in [0.29, 0.717) is 0 Å². The fraction of sp³-hybridized carbons (Fsp3) is 0.500. The average Bonchev–Trinajstić information content (AvgIpc) is 2.43. The monoisotopic (exact) mass is 200 g/mol. The van der Waals surface area contributed by atoms with E-state index in [4.69, 9.17) is 0 Å².